The Bertz CT molecular complexity index is 782. The number of fused-ring (bicyclic) bond motifs is 1. The second-order valence-corrected chi connectivity index (χ2v) is 6.29. The molecule has 1 aliphatic rings. The fraction of sp³-hybridized carbons (Fsp3) is 0.316. The van der Waals surface area contributed by atoms with Gasteiger partial charge < -0.3 is 10.2 Å². The molecule has 1 aromatic carbocycles. The van der Waals surface area contributed by atoms with Crippen LogP contribution in [0, 0.1) is 0 Å². The maximum Gasteiger partial charge on any atom is 0.223 e. The van der Waals surface area contributed by atoms with Crippen molar-refractivity contribution in [2.45, 2.75) is 38.9 Å². The summed E-state index contributed by atoms with van der Waals surface area (Å²) in [6.07, 6.45) is 7.47. The number of nitrogens with one attached hydrogen (secondary N) is 1. The zero-order valence-electron chi connectivity index (χ0n) is 14.4. The van der Waals surface area contributed by atoms with Crippen LogP contribution in [0.4, 0.5) is 0 Å². The Balaban J connectivity index is 1.69. The minimum Gasteiger partial charge on any atom is -0.352 e. The predicted octanol–water partition coefficient (Wildman–Crippen LogP) is 2.35. The summed E-state index contributed by atoms with van der Waals surface area (Å²) in [5, 5.41) is 7.14. The van der Waals surface area contributed by atoms with E-state index in [4.69, 9.17) is 0 Å². The largest absolute Gasteiger partial charge is 0.352 e. The molecule has 0 bridgehead atoms. The lowest BCUT2D eigenvalue weighted by Gasteiger charge is -2.32. The zero-order valence-corrected chi connectivity index (χ0v) is 14.4. The molecular formula is C19H22N4O2. The molecule has 2 heterocycles. The summed E-state index contributed by atoms with van der Waals surface area (Å²) in [5.41, 5.74) is 2.04. The maximum atomic E-state index is 12.5. The normalized spacial score (nSPS) is 17.0. The Morgan fingerprint density at radius 3 is 2.80 bits per heavy atom. The van der Waals surface area contributed by atoms with Gasteiger partial charge in [-0.2, -0.15) is 5.10 Å². The van der Waals surface area contributed by atoms with Gasteiger partial charge in [-0.1, -0.05) is 24.3 Å². The summed E-state index contributed by atoms with van der Waals surface area (Å²) in [6, 6.07) is 9.37. The van der Waals surface area contributed by atoms with Gasteiger partial charge in [0, 0.05) is 31.6 Å². The van der Waals surface area contributed by atoms with E-state index in [-0.39, 0.29) is 30.3 Å². The molecule has 3 rings (SSSR count). The molecule has 2 amide bonds. The Hall–Kier alpha value is -2.89. The van der Waals surface area contributed by atoms with Crippen LogP contribution in [0.3, 0.4) is 0 Å². The van der Waals surface area contributed by atoms with Crippen molar-refractivity contribution in [2.75, 3.05) is 0 Å². The van der Waals surface area contributed by atoms with Gasteiger partial charge in [-0.25, -0.2) is 0 Å². The summed E-state index contributed by atoms with van der Waals surface area (Å²) in [7, 11) is 0. The third kappa shape index (κ3) is 3.96. The first-order valence-corrected chi connectivity index (χ1v) is 8.37. The van der Waals surface area contributed by atoms with Crippen LogP contribution in [0.5, 0.6) is 0 Å². The van der Waals surface area contributed by atoms with E-state index >= 15 is 0 Å². The molecule has 1 N–H and O–H groups in total. The molecule has 1 aromatic heterocycles. The first-order chi connectivity index (χ1) is 12.0. The lowest BCUT2D eigenvalue weighted by Crippen LogP contribution is -2.39. The first-order valence-electron chi connectivity index (χ1n) is 8.37. The SMILES string of the molecule is CC(=O)N1C=Cc2ccccc2[C@@H]1CC(=O)N[C@H](C)Cn1cccn1. The quantitative estimate of drug-likeness (QED) is 0.910. The number of carbonyl (C=O) groups is 2. The molecule has 2 aromatic rings. The van der Waals surface area contributed by atoms with Gasteiger partial charge in [-0.15, -0.1) is 0 Å². The van der Waals surface area contributed by atoms with Crippen LogP contribution in [0.25, 0.3) is 6.08 Å². The number of amides is 2. The van der Waals surface area contributed by atoms with Crippen LogP contribution in [-0.2, 0) is 16.1 Å². The Morgan fingerprint density at radius 1 is 1.28 bits per heavy atom. The Labute approximate surface area is 147 Å². The smallest absolute Gasteiger partial charge is 0.223 e. The minimum atomic E-state index is -0.282. The molecule has 0 aliphatic carbocycles. The number of nitrogens with zero attached hydrogens (tertiary/aromatic N) is 3. The van der Waals surface area contributed by atoms with E-state index in [1.54, 1.807) is 22.0 Å². The summed E-state index contributed by atoms with van der Waals surface area (Å²) in [5.74, 6) is -0.158. The highest BCUT2D eigenvalue weighted by atomic mass is 16.2. The van der Waals surface area contributed by atoms with Gasteiger partial charge in [-0.3, -0.25) is 14.3 Å². The highest BCUT2D eigenvalue weighted by Gasteiger charge is 2.28. The summed E-state index contributed by atoms with van der Waals surface area (Å²) >= 11 is 0. The van der Waals surface area contributed by atoms with Gasteiger partial charge in [0.05, 0.1) is 19.0 Å². The predicted molar refractivity (Wildman–Crippen MR) is 95.2 cm³/mol. The van der Waals surface area contributed by atoms with E-state index in [9.17, 15) is 9.59 Å². The highest BCUT2D eigenvalue weighted by molar-refractivity contribution is 5.81. The fourth-order valence-electron chi connectivity index (χ4n) is 3.16. The van der Waals surface area contributed by atoms with Gasteiger partial charge >= 0.3 is 0 Å². The summed E-state index contributed by atoms with van der Waals surface area (Å²) in [4.78, 5) is 26.1. The molecule has 6 nitrogen and oxygen atoms in total. The van der Waals surface area contributed by atoms with Gasteiger partial charge in [-0.05, 0) is 30.2 Å². The number of hydrogen-bond acceptors (Lipinski definition) is 3. The zero-order chi connectivity index (χ0) is 17.8. The molecule has 25 heavy (non-hydrogen) atoms. The van der Waals surface area contributed by atoms with Crippen LogP contribution < -0.4 is 5.32 Å². The number of benzene rings is 1. The second-order valence-electron chi connectivity index (χ2n) is 6.29. The van der Waals surface area contributed by atoms with Crippen molar-refractivity contribution in [2.24, 2.45) is 0 Å². The molecule has 0 radical (unpaired) electrons. The van der Waals surface area contributed by atoms with Crippen molar-refractivity contribution in [1.29, 1.82) is 0 Å². The lowest BCUT2D eigenvalue weighted by molar-refractivity contribution is -0.130. The average molecular weight is 338 g/mol. The average Bonchev–Trinajstić information content (AvgIpc) is 3.07. The molecule has 0 saturated heterocycles. The molecule has 0 saturated carbocycles. The molecular weight excluding hydrogens is 316 g/mol. The number of aromatic nitrogens is 2. The number of carbonyl (C=O) groups excluding carboxylic acids is 2. The van der Waals surface area contributed by atoms with E-state index in [1.165, 1.54) is 6.92 Å². The number of rotatable bonds is 5. The summed E-state index contributed by atoms with van der Waals surface area (Å²) in [6.45, 7) is 4.07. The van der Waals surface area contributed by atoms with Crippen LogP contribution in [0.15, 0.2) is 48.9 Å². The molecule has 1 aliphatic heterocycles. The maximum absolute atomic E-state index is 12.5. The third-order valence-electron chi connectivity index (χ3n) is 4.28. The van der Waals surface area contributed by atoms with Crippen molar-refractivity contribution in [3.05, 3.63) is 60.1 Å². The monoisotopic (exact) mass is 338 g/mol. The second kappa shape index (κ2) is 7.34. The van der Waals surface area contributed by atoms with Crippen LogP contribution >= 0.6 is 0 Å². The molecule has 0 unspecified atom stereocenters. The van der Waals surface area contributed by atoms with E-state index in [1.807, 2.05) is 49.5 Å². The summed E-state index contributed by atoms with van der Waals surface area (Å²) < 4.78 is 1.78. The Kier molecular flexibility index (Phi) is 4.97. The van der Waals surface area contributed by atoms with E-state index < -0.39 is 0 Å². The van der Waals surface area contributed by atoms with Crippen molar-refractivity contribution in [3.8, 4) is 0 Å². The fourth-order valence-corrected chi connectivity index (χ4v) is 3.16. The van der Waals surface area contributed by atoms with Gasteiger partial charge in [0.1, 0.15) is 0 Å². The van der Waals surface area contributed by atoms with Crippen molar-refractivity contribution >= 4 is 17.9 Å². The molecule has 130 valence electrons. The van der Waals surface area contributed by atoms with Crippen LogP contribution in [0.2, 0.25) is 0 Å². The third-order valence-corrected chi connectivity index (χ3v) is 4.28. The molecule has 6 heteroatoms. The topological polar surface area (TPSA) is 67.2 Å². The van der Waals surface area contributed by atoms with Crippen molar-refractivity contribution in [1.82, 2.24) is 20.0 Å². The van der Waals surface area contributed by atoms with Gasteiger partial charge in [0.25, 0.3) is 0 Å². The Morgan fingerprint density at radius 2 is 2.08 bits per heavy atom. The number of hydrogen-bond donors (Lipinski definition) is 1. The van der Waals surface area contributed by atoms with E-state index in [0.29, 0.717) is 6.54 Å². The lowest BCUT2D eigenvalue weighted by atomic mass is 9.93. The van der Waals surface area contributed by atoms with Crippen molar-refractivity contribution in [3.63, 3.8) is 0 Å². The van der Waals surface area contributed by atoms with Gasteiger partial charge in [0.15, 0.2) is 0 Å². The van der Waals surface area contributed by atoms with Crippen LogP contribution in [-0.4, -0.2) is 32.5 Å². The molecule has 0 fully saturated rings. The van der Waals surface area contributed by atoms with E-state index in [2.05, 4.69) is 10.4 Å². The van der Waals surface area contributed by atoms with Crippen molar-refractivity contribution < 1.29 is 9.59 Å². The van der Waals surface area contributed by atoms with Crippen LogP contribution in [0.1, 0.15) is 37.4 Å². The standard InChI is InChI=1S/C19H22N4O2/c1-14(13-22-10-5-9-20-22)21-19(25)12-18-17-7-4-3-6-16(17)8-11-23(18)15(2)24/h3-11,14,18H,12-13H2,1-2H3,(H,21,25)/t14-,18+/m1/s1. The minimum absolute atomic E-state index is 0.0486. The highest BCUT2D eigenvalue weighted by Crippen LogP contribution is 2.32. The van der Waals surface area contributed by atoms with E-state index in [0.717, 1.165) is 11.1 Å². The molecule has 2 atom stereocenters. The molecule has 0 spiro atoms. The van der Waals surface area contributed by atoms with Gasteiger partial charge in [0.2, 0.25) is 11.8 Å². The first kappa shape index (κ1) is 17.0.